The second-order valence-electron chi connectivity index (χ2n) is 5.86. The molecule has 0 aliphatic heterocycles. The standard InChI is InChI=1S/C13H28O2Si/c1-12(2)8-11-16(14-4,15-5)13(3)9-6-7-10-13/h12H,6-11H2,1-5H3. The van der Waals surface area contributed by atoms with Crippen molar-refractivity contribution in [1.29, 1.82) is 0 Å². The minimum absolute atomic E-state index is 0.339. The Balaban J connectivity index is 2.77. The minimum Gasteiger partial charge on any atom is -0.397 e. The maximum atomic E-state index is 5.94. The summed E-state index contributed by atoms with van der Waals surface area (Å²) < 4.78 is 11.9. The molecule has 1 aliphatic rings. The molecule has 1 aliphatic carbocycles. The Labute approximate surface area is 102 Å². The Morgan fingerprint density at radius 3 is 2.00 bits per heavy atom. The lowest BCUT2D eigenvalue weighted by atomic mass is 10.1. The van der Waals surface area contributed by atoms with Crippen molar-refractivity contribution in [3.05, 3.63) is 0 Å². The fourth-order valence-electron chi connectivity index (χ4n) is 3.10. The maximum absolute atomic E-state index is 5.94. The molecule has 1 saturated carbocycles. The first-order chi connectivity index (χ1) is 7.49. The van der Waals surface area contributed by atoms with Crippen LogP contribution in [0.15, 0.2) is 0 Å². The molecule has 0 radical (unpaired) electrons. The second-order valence-corrected chi connectivity index (χ2v) is 9.89. The molecule has 0 aromatic rings. The third-order valence-electron chi connectivity index (χ3n) is 4.34. The van der Waals surface area contributed by atoms with E-state index in [1.807, 2.05) is 14.2 Å². The van der Waals surface area contributed by atoms with Crippen LogP contribution in [0.4, 0.5) is 0 Å². The fraction of sp³-hybridized carbons (Fsp3) is 1.00. The third kappa shape index (κ3) is 2.69. The molecule has 3 heteroatoms. The van der Waals surface area contributed by atoms with Crippen LogP contribution in [-0.4, -0.2) is 22.8 Å². The van der Waals surface area contributed by atoms with Crippen molar-refractivity contribution in [2.24, 2.45) is 5.92 Å². The Morgan fingerprint density at radius 1 is 1.12 bits per heavy atom. The lowest BCUT2D eigenvalue weighted by Crippen LogP contribution is -2.50. The zero-order valence-corrected chi connectivity index (χ0v) is 12.6. The van der Waals surface area contributed by atoms with Crippen LogP contribution >= 0.6 is 0 Å². The van der Waals surface area contributed by atoms with Crippen LogP contribution in [0, 0.1) is 5.92 Å². The Hall–Kier alpha value is 0.137. The molecule has 0 heterocycles. The van der Waals surface area contributed by atoms with E-state index >= 15 is 0 Å². The smallest absolute Gasteiger partial charge is 0.343 e. The van der Waals surface area contributed by atoms with Crippen molar-refractivity contribution in [3.8, 4) is 0 Å². The first-order valence-corrected chi connectivity index (χ1v) is 8.62. The zero-order chi connectivity index (χ0) is 12.2. The van der Waals surface area contributed by atoms with Crippen molar-refractivity contribution in [2.45, 2.75) is 64.0 Å². The molecule has 0 N–H and O–H groups in total. The van der Waals surface area contributed by atoms with Crippen LogP contribution in [0.5, 0.6) is 0 Å². The minimum atomic E-state index is -2.00. The lowest BCUT2D eigenvalue weighted by molar-refractivity contribution is 0.202. The maximum Gasteiger partial charge on any atom is 0.343 e. The van der Waals surface area contributed by atoms with E-state index in [2.05, 4.69) is 20.8 Å². The Morgan fingerprint density at radius 2 is 1.62 bits per heavy atom. The summed E-state index contributed by atoms with van der Waals surface area (Å²) in [5.74, 6) is 0.738. The molecule has 0 amide bonds. The molecule has 96 valence electrons. The molecule has 2 nitrogen and oxygen atoms in total. The highest BCUT2D eigenvalue weighted by Gasteiger charge is 2.54. The largest absolute Gasteiger partial charge is 0.397 e. The van der Waals surface area contributed by atoms with Gasteiger partial charge in [-0.15, -0.1) is 0 Å². The van der Waals surface area contributed by atoms with Crippen molar-refractivity contribution >= 4 is 8.56 Å². The highest BCUT2D eigenvalue weighted by atomic mass is 28.4. The Kier molecular flexibility index (Phi) is 5.01. The first kappa shape index (κ1) is 14.2. The van der Waals surface area contributed by atoms with E-state index in [-0.39, 0.29) is 0 Å². The van der Waals surface area contributed by atoms with Gasteiger partial charge in [0, 0.05) is 19.3 Å². The van der Waals surface area contributed by atoms with Gasteiger partial charge in [0.1, 0.15) is 0 Å². The van der Waals surface area contributed by atoms with Gasteiger partial charge in [-0.1, -0.05) is 33.6 Å². The van der Waals surface area contributed by atoms with Gasteiger partial charge in [0.2, 0.25) is 0 Å². The molecular weight excluding hydrogens is 216 g/mol. The predicted octanol–water partition coefficient (Wildman–Crippen LogP) is 4.10. The van der Waals surface area contributed by atoms with Crippen LogP contribution in [-0.2, 0) is 8.85 Å². The van der Waals surface area contributed by atoms with Crippen LogP contribution in [0.25, 0.3) is 0 Å². The fourth-order valence-corrected chi connectivity index (χ4v) is 7.33. The monoisotopic (exact) mass is 244 g/mol. The SMILES string of the molecule is CO[Si](CCC(C)C)(OC)C1(C)CCCC1. The van der Waals surface area contributed by atoms with Gasteiger partial charge in [0.25, 0.3) is 0 Å². The molecule has 0 atom stereocenters. The van der Waals surface area contributed by atoms with Crippen molar-refractivity contribution in [2.75, 3.05) is 14.2 Å². The first-order valence-electron chi connectivity index (χ1n) is 6.60. The van der Waals surface area contributed by atoms with Gasteiger partial charge in [-0.05, 0) is 31.2 Å². The normalized spacial score (nSPS) is 20.6. The highest BCUT2D eigenvalue weighted by Crippen LogP contribution is 2.54. The van der Waals surface area contributed by atoms with Gasteiger partial charge < -0.3 is 8.85 Å². The molecule has 0 saturated heterocycles. The summed E-state index contributed by atoms with van der Waals surface area (Å²) in [4.78, 5) is 0. The van der Waals surface area contributed by atoms with Crippen LogP contribution in [0.1, 0.15) is 52.9 Å². The van der Waals surface area contributed by atoms with Crippen LogP contribution in [0.2, 0.25) is 11.1 Å². The summed E-state index contributed by atoms with van der Waals surface area (Å²) in [6, 6.07) is 1.15. The van der Waals surface area contributed by atoms with Gasteiger partial charge in [0.05, 0.1) is 0 Å². The van der Waals surface area contributed by atoms with E-state index in [1.165, 1.54) is 32.1 Å². The zero-order valence-electron chi connectivity index (χ0n) is 11.6. The quantitative estimate of drug-likeness (QED) is 0.655. The molecule has 0 aromatic carbocycles. The topological polar surface area (TPSA) is 18.5 Å². The summed E-state index contributed by atoms with van der Waals surface area (Å²) >= 11 is 0. The van der Waals surface area contributed by atoms with Crippen LogP contribution < -0.4 is 0 Å². The van der Waals surface area contributed by atoms with Gasteiger partial charge in [-0.2, -0.15) is 0 Å². The molecule has 0 unspecified atom stereocenters. The van der Waals surface area contributed by atoms with Crippen molar-refractivity contribution in [3.63, 3.8) is 0 Å². The molecule has 0 bridgehead atoms. The summed E-state index contributed by atoms with van der Waals surface area (Å²) in [6.07, 6.45) is 6.50. The van der Waals surface area contributed by atoms with E-state index in [9.17, 15) is 0 Å². The van der Waals surface area contributed by atoms with Gasteiger partial charge >= 0.3 is 8.56 Å². The third-order valence-corrected chi connectivity index (χ3v) is 8.94. The van der Waals surface area contributed by atoms with Gasteiger partial charge in [0.15, 0.2) is 0 Å². The molecule has 1 rings (SSSR count). The summed E-state index contributed by atoms with van der Waals surface area (Å²) in [5, 5.41) is 0.339. The molecule has 0 spiro atoms. The van der Waals surface area contributed by atoms with E-state index in [0.29, 0.717) is 5.04 Å². The molecule has 0 aromatic heterocycles. The number of hydrogen-bond donors (Lipinski definition) is 0. The van der Waals surface area contributed by atoms with E-state index in [0.717, 1.165) is 12.0 Å². The average Bonchev–Trinajstić information content (AvgIpc) is 2.68. The van der Waals surface area contributed by atoms with Crippen LogP contribution in [0.3, 0.4) is 0 Å². The molecular formula is C13H28O2Si. The summed E-state index contributed by atoms with van der Waals surface area (Å²) in [6.45, 7) is 6.95. The average molecular weight is 244 g/mol. The highest BCUT2D eigenvalue weighted by molar-refractivity contribution is 6.70. The van der Waals surface area contributed by atoms with Gasteiger partial charge in [-0.3, -0.25) is 0 Å². The Bertz CT molecular complexity index is 206. The van der Waals surface area contributed by atoms with E-state index in [4.69, 9.17) is 8.85 Å². The summed E-state index contributed by atoms with van der Waals surface area (Å²) in [5.41, 5.74) is 0. The van der Waals surface area contributed by atoms with Crippen molar-refractivity contribution < 1.29 is 8.85 Å². The molecule has 1 fully saturated rings. The number of hydrogen-bond acceptors (Lipinski definition) is 2. The second kappa shape index (κ2) is 5.65. The predicted molar refractivity (Wildman–Crippen MR) is 70.9 cm³/mol. The summed E-state index contributed by atoms with van der Waals surface area (Å²) in [7, 11) is 1.72. The molecule has 16 heavy (non-hydrogen) atoms. The van der Waals surface area contributed by atoms with Gasteiger partial charge in [-0.25, -0.2) is 0 Å². The van der Waals surface area contributed by atoms with E-state index in [1.54, 1.807) is 0 Å². The van der Waals surface area contributed by atoms with E-state index < -0.39 is 8.56 Å². The number of rotatable bonds is 6. The lowest BCUT2D eigenvalue weighted by Gasteiger charge is -2.41. The van der Waals surface area contributed by atoms with Crippen molar-refractivity contribution in [1.82, 2.24) is 0 Å².